The van der Waals surface area contributed by atoms with Crippen LogP contribution in [0.5, 0.6) is 0 Å². The number of anilines is 1. The molecule has 0 aliphatic carbocycles. The van der Waals surface area contributed by atoms with Crippen molar-refractivity contribution < 1.29 is 9.59 Å². The second-order valence-corrected chi connectivity index (χ2v) is 3.91. The second kappa shape index (κ2) is 4.84. The lowest BCUT2D eigenvalue weighted by Crippen LogP contribution is -2.39. The molecule has 0 saturated carbocycles. The summed E-state index contributed by atoms with van der Waals surface area (Å²) >= 11 is 0. The number of amides is 2. The van der Waals surface area contributed by atoms with Crippen molar-refractivity contribution in [2.45, 2.75) is 12.5 Å². The molecule has 1 unspecified atom stereocenters. The van der Waals surface area contributed by atoms with Gasteiger partial charge < -0.3 is 16.8 Å². The standard InChI is InChI=1S/C11H13N5O2/c12-7(4-9(13)17)11(18)15-8-3-1-2-6-5-14-16-10(6)8/h1-3,5,7H,4,12H2,(H2,13,17)(H,14,16)(H,15,18). The van der Waals surface area contributed by atoms with Gasteiger partial charge in [0.1, 0.15) is 0 Å². The third-order valence-corrected chi connectivity index (χ3v) is 2.49. The molecule has 1 atom stereocenters. The number of H-pyrrole nitrogens is 1. The normalized spacial score (nSPS) is 12.3. The average Bonchev–Trinajstić information content (AvgIpc) is 2.77. The topological polar surface area (TPSA) is 127 Å². The molecule has 7 heteroatoms. The van der Waals surface area contributed by atoms with Gasteiger partial charge in [0.25, 0.3) is 0 Å². The number of para-hydroxylation sites is 1. The summed E-state index contributed by atoms with van der Waals surface area (Å²) in [5, 5.41) is 10.2. The molecule has 1 aromatic carbocycles. The quantitative estimate of drug-likeness (QED) is 0.591. The van der Waals surface area contributed by atoms with Gasteiger partial charge in [-0.1, -0.05) is 12.1 Å². The molecular formula is C11H13N5O2. The van der Waals surface area contributed by atoms with Crippen LogP contribution in [0.1, 0.15) is 6.42 Å². The molecule has 0 spiro atoms. The minimum Gasteiger partial charge on any atom is -0.370 e. The highest BCUT2D eigenvalue weighted by Crippen LogP contribution is 2.20. The fourth-order valence-corrected chi connectivity index (χ4v) is 1.61. The zero-order chi connectivity index (χ0) is 13.1. The molecular weight excluding hydrogens is 234 g/mol. The Morgan fingerprint density at radius 1 is 1.44 bits per heavy atom. The summed E-state index contributed by atoms with van der Waals surface area (Å²) in [4.78, 5) is 22.4. The van der Waals surface area contributed by atoms with Gasteiger partial charge >= 0.3 is 0 Å². The van der Waals surface area contributed by atoms with Gasteiger partial charge in [0.05, 0.1) is 29.9 Å². The molecule has 2 amide bonds. The molecule has 0 aliphatic heterocycles. The van der Waals surface area contributed by atoms with Crippen LogP contribution in [-0.4, -0.2) is 28.1 Å². The number of rotatable bonds is 4. The van der Waals surface area contributed by atoms with E-state index in [1.165, 1.54) is 0 Å². The van der Waals surface area contributed by atoms with E-state index in [1.54, 1.807) is 18.3 Å². The Hall–Kier alpha value is -2.41. The first-order valence-electron chi connectivity index (χ1n) is 5.35. The van der Waals surface area contributed by atoms with Crippen LogP contribution in [0, 0.1) is 0 Å². The number of primary amides is 1. The predicted octanol–water partition coefficient (Wildman–Crippen LogP) is -0.296. The zero-order valence-corrected chi connectivity index (χ0v) is 9.51. The van der Waals surface area contributed by atoms with Crippen LogP contribution in [-0.2, 0) is 9.59 Å². The number of benzene rings is 1. The molecule has 0 fully saturated rings. The smallest absolute Gasteiger partial charge is 0.241 e. The van der Waals surface area contributed by atoms with E-state index >= 15 is 0 Å². The summed E-state index contributed by atoms with van der Waals surface area (Å²) in [6.07, 6.45) is 1.46. The average molecular weight is 247 g/mol. The molecule has 7 nitrogen and oxygen atoms in total. The maximum Gasteiger partial charge on any atom is 0.241 e. The fraction of sp³-hybridized carbons (Fsp3) is 0.182. The van der Waals surface area contributed by atoms with Gasteiger partial charge in [-0.25, -0.2) is 0 Å². The van der Waals surface area contributed by atoms with Crippen LogP contribution in [0.2, 0.25) is 0 Å². The van der Waals surface area contributed by atoms with Crippen molar-refractivity contribution in [3.05, 3.63) is 24.4 Å². The number of hydrogen-bond donors (Lipinski definition) is 4. The molecule has 0 radical (unpaired) electrons. The van der Waals surface area contributed by atoms with Crippen molar-refractivity contribution in [1.29, 1.82) is 0 Å². The number of aromatic nitrogens is 2. The van der Waals surface area contributed by atoms with Gasteiger partial charge in [-0.15, -0.1) is 0 Å². The summed E-state index contributed by atoms with van der Waals surface area (Å²) < 4.78 is 0. The van der Waals surface area contributed by atoms with Gasteiger partial charge in [-0.3, -0.25) is 14.7 Å². The first-order valence-corrected chi connectivity index (χ1v) is 5.35. The molecule has 0 bridgehead atoms. The van der Waals surface area contributed by atoms with Crippen LogP contribution >= 0.6 is 0 Å². The third-order valence-electron chi connectivity index (χ3n) is 2.49. The summed E-state index contributed by atoms with van der Waals surface area (Å²) in [5.41, 5.74) is 11.8. The Bertz CT molecular complexity index is 592. The van der Waals surface area contributed by atoms with Gasteiger partial charge in [0, 0.05) is 5.39 Å². The van der Waals surface area contributed by atoms with E-state index in [2.05, 4.69) is 15.5 Å². The van der Waals surface area contributed by atoms with E-state index in [-0.39, 0.29) is 6.42 Å². The molecule has 94 valence electrons. The molecule has 6 N–H and O–H groups in total. The molecule has 1 aromatic heterocycles. The van der Waals surface area contributed by atoms with E-state index in [4.69, 9.17) is 11.5 Å². The summed E-state index contributed by atoms with van der Waals surface area (Å²) in [5.74, 6) is -1.08. The highest BCUT2D eigenvalue weighted by Gasteiger charge is 2.17. The van der Waals surface area contributed by atoms with E-state index in [9.17, 15) is 9.59 Å². The molecule has 0 saturated heterocycles. The van der Waals surface area contributed by atoms with Crippen molar-refractivity contribution in [3.8, 4) is 0 Å². The lowest BCUT2D eigenvalue weighted by molar-refractivity contribution is -0.123. The maximum absolute atomic E-state index is 11.7. The van der Waals surface area contributed by atoms with Crippen molar-refractivity contribution >= 4 is 28.4 Å². The van der Waals surface area contributed by atoms with Gasteiger partial charge in [-0.2, -0.15) is 5.10 Å². The van der Waals surface area contributed by atoms with E-state index < -0.39 is 17.9 Å². The highest BCUT2D eigenvalue weighted by atomic mass is 16.2. The van der Waals surface area contributed by atoms with Crippen molar-refractivity contribution in [3.63, 3.8) is 0 Å². The van der Waals surface area contributed by atoms with E-state index in [0.29, 0.717) is 11.2 Å². The fourth-order valence-electron chi connectivity index (χ4n) is 1.61. The molecule has 18 heavy (non-hydrogen) atoms. The summed E-state index contributed by atoms with van der Waals surface area (Å²) in [7, 11) is 0. The number of hydrogen-bond acceptors (Lipinski definition) is 4. The predicted molar refractivity (Wildman–Crippen MR) is 66.5 cm³/mol. The van der Waals surface area contributed by atoms with Crippen LogP contribution in [0.3, 0.4) is 0 Å². The maximum atomic E-state index is 11.7. The minimum atomic E-state index is -0.958. The van der Waals surface area contributed by atoms with Crippen molar-refractivity contribution in [1.82, 2.24) is 10.2 Å². The monoisotopic (exact) mass is 247 g/mol. The van der Waals surface area contributed by atoms with Crippen LogP contribution < -0.4 is 16.8 Å². The minimum absolute atomic E-state index is 0.190. The lowest BCUT2D eigenvalue weighted by Gasteiger charge is -2.10. The third kappa shape index (κ3) is 2.46. The number of fused-ring (bicyclic) bond motifs is 1. The Kier molecular flexibility index (Phi) is 3.24. The molecule has 2 aromatic rings. The van der Waals surface area contributed by atoms with Crippen molar-refractivity contribution in [2.24, 2.45) is 11.5 Å². The SMILES string of the molecule is NC(=O)CC(N)C(=O)Nc1cccc2cn[nH]c12. The number of carbonyl (C=O) groups is 2. The number of nitrogens with two attached hydrogens (primary N) is 2. The number of aromatic amines is 1. The molecule has 0 aliphatic rings. The Labute approximate surface area is 103 Å². The van der Waals surface area contributed by atoms with Crippen LogP contribution in [0.4, 0.5) is 5.69 Å². The van der Waals surface area contributed by atoms with Crippen molar-refractivity contribution in [2.75, 3.05) is 5.32 Å². The van der Waals surface area contributed by atoms with Gasteiger partial charge in [0.2, 0.25) is 11.8 Å². The van der Waals surface area contributed by atoms with Gasteiger partial charge in [0.15, 0.2) is 0 Å². The largest absolute Gasteiger partial charge is 0.370 e. The second-order valence-electron chi connectivity index (χ2n) is 3.91. The Morgan fingerprint density at radius 2 is 2.22 bits per heavy atom. The number of carbonyl (C=O) groups excluding carboxylic acids is 2. The van der Waals surface area contributed by atoms with E-state index in [0.717, 1.165) is 5.39 Å². The Morgan fingerprint density at radius 3 is 2.94 bits per heavy atom. The molecule has 2 rings (SSSR count). The van der Waals surface area contributed by atoms with E-state index in [1.807, 2.05) is 6.07 Å². The zero-order valence-electron chi connectivity index (χ0n) is 9.51. The van der Waals surface area contributed by atoms with Crippen LogP contribution in [0.25, 0.3) is 10.9 Å². The first kappa shape index (κ1) is 12.1. The summed E-state index contributed by atoms with van der Waals surface area (Å²) in [6.45, 7) is 0. The summed E-state index contributed by atoms with van der Waals surface area (Å²) in [6, 6.07) is 4.40. The highest BCUT2D eigenvalue weighted by molar-refractivity contribution is 6.03. The van der Waals surface area contributed by atoms with Gasteiger partial charge in [-0.05, 0) is 6.07 Å². The lowest BCUT2D eigenvalue weighted by atomic mass is 10.2. The molecule has 1 heterocycles. The number of nitrogens with zero attached hydrogens (tertiary/aromatic N) is 1. The Balaban J connectivity index is 2.16. The van der Waals surface area contributed by atoms with Crippen LogP contribution in [0.15, 0.2) is 24.4 Å². The first-order chi connectivity index (χ1) is 8.58. The number of nitrogens with one attached hydrogen (secondary N) is 2.